The van der Waals surface area contributed by atoms with Crippen LogP contribution in [0, 0.1) is 6.92 Å². The standard InChI is InChI=1S/C10H12N4O/c1-3-13-7-5-11-9(10(13)15)14-6-4-8(2)12-14/h4-7H,3H2,1-2H3. The second kappa shape index (κ2) is 3.68. The first-order chi connectivity index (χ1) is 7.22. The Kier molecular flexibility index (Phi) is 2.37. The molecule has 0 atom stereocenters. The first-order valence-corrected chi connectivity index (χ1v) is 4.80. The van der Waals surface area contributed by atoms with Crippen LogP contribution in [-0.4, -0.2) is 19.3 Å². The summed E-state index contributed by atoms with van der Waals surface area (Å²) in [5.74, 6) is 0.340. The molecular weight excluding hydrogens is 192 g/mol. The zero-order valence-corrected chi connectivity index (χ0v) is 8.71. The lowest BCUT2D eigenvalue weighted by Gasteiger charge is -2.03. The van der Waals surface area contributed by atoms with Gasteiger partial charge in [-0.15, -0.1) is 0 Å². The molecule has 0 saturated heterocycles. The van der Waals surface area contributed by atoms with Crippen molar-refractivity contribution in [1.29, 1.82) is 0 Å². The van der Waals surface area contributed by atoms with Crippen LogP contribution in [0.1, 0.15) is 12.6 Å². The van der Waals surface area contributed by atoms with Gasteiger partial charge in [0, 0.05) is 25.1 Å². The van der Waals surface area contributed by atoms with E-state index in [2.05, 4.69) is 10.1 Å². The van der Waals surface area contributed by atoms with Crippen molar-refractivity contribution < 1.29 is 0 Å². The van der Waals surface area contributed by atoms with Crippen molar-refractivity contribution >= 4 is 0 Å². The molecule has 78 valence electrons. The molecule has 2 heterocycles. The maximum Gasteiger partial charge on any atom is 0.295 e. The SMILES string of the molecule is CCn1ccnc(-n2ccc(C)n2)c1=O. The van der Waals surface area contributed by atoms with Crippen LogP contribution in [0.3, 0.4) is 0 Å². The van der Waals surface area contributed by atoms with Crippen LogP contribution in [-0.2, 0) is 6.54 Å². The lowest BCUT2D eigenvalue weighted by molar-refractivity contribution is 0.691. The van der Waals surface area contributed by atoms with E-state index in [1.165, 1.54) is 4.68 Å². The monoisotopic (exact) mass is 204 g/mol. The summed E-state index contributed by atoms with van der Waals surface area (Å²) in [6.07, 6.45) is 5.01. The number of nitrogens with zero attached hydrogens (tertiary/aromatic N) is 4. The second-order valence-electron chi connectivity index (χ2n) is 3.24. The van der Waals surface area contributed by atoms with Crippen molar-refractivity contribution in [2.75, 3.05) is 0 Å². The molecule has 0 amide bonds. The summed E-state index contributed by atoms with van der Waals surface area (Å²) in [4.78, 5) is 15.9. The molecule has 0 aliphatic rings. The van der Waals surface area contributed by atoms with Crippen LogP contribution in [0.4, 0.5) is 0 Å². The Bertz CT molecular complexity index is 526. The number of hydrogen-bond acceptors (Lipinski definition) is 3. The smallest absolute Gasteiger partial charge is 0.295 e. The van der Waals surface area contributed by atoms with E-state index in [0.717, 1.165) is 5.69 Å². The summed E-state index contributed by atoms with van der Waals surface area (Å²) in [5.41, 5.74) is 0.742. The molecule has 2 rings (SSSR count). The van der Waals surface area contributed by atoms with Crippen LogP contribution >= 0.6 is 0 Å². The fraction of sp³-hybridized carbons (Fsp3) is 0.300. The Morgan fingerprint density at radius 3 is 2.80 bits per heavy atom. The van der Waals surface area contributed by atoms with Crippen LogP contribution < -0.4 is 5.56 Å². The molecule has 0 bridgehead atoms. The number of aromatic nitrogens is 4. The van der Waals surface area contributed by atoms with Gasteiger partial charge in [-0.05, 0) is 19.9 Å². The number of rotatable bonds is 2. The summed E-state index contributed by atoms with van der Waals surface area (Å²) in [5, 5.41) is 4.16. The van der Waals surface area contributed by atoms with Gasteiger partial charge < -0.3 is 4.57 Å². The highest BCUT2D eigenvalue weighted by Gasteiger charge is 2.06. The van der Waals surface area contributed by atoms with Crippen molar-refractivity contribution in [2.24, 2.45) is 0 Å². The molecule has 5 heteroatoms. The van der Waals surface area contributed by atoms with E-state index >= 15 is 0 Å². The largest absolute Gasteiger partial charge is 0.311 e. The summed E-state index contributed by atoms with van der Waals surface area (Å²) in [6, 6.07) is 1.84. The van der Waals surface area contributed by atoms with Gasteiger partial charge in [0.25, 0.3) is 5.56 Å². The third kappa shape index (κ3) is 1.68. The first kappa shape index (κ1) is 9.64. The molecule has 0 saturated carbocycles. The van der Waals surface area contributed by atoms with Gasteiger partial charge in [-0.1, -0.05) is 0 Å². The Morgan fingerprint density at radius 2 is 2.20 bits per heavy atom. The third-order valence-corrected chi connectivity index (χ3v) is 2.18. The molecule has 15 heavy (non-hydrogen) atoms. The van der Waals surface area contributed by atoms with Crippen LogP contribution in [0.15, 0.2) is 29.5 Å². The zero-order valence-electron chi connectivity index (χ0n) is 8.71. The highest BCUT2D eigenvalue weighted by atomic mass is 16.1. The minimum Gasteiger partial charge on any atom is -0.311 e. The van der Waals surface area contributed by atoms with Crippen LogP contribution in [0.5, 0.6) is 0 Å². The second-order valence-corrected chi connectivity index (χ2v) is 3.24. The Hall–Kier alpha value is -1.91. The molecule has 0 radical (unpaired) electrons. The molecule has 5 nitrogen and oxygen atoms in total. The molecule has 0 spiro atoms. The van der Waals surface area contributed by atoms with E-state index in [0.29, 0.717) is 12.4 Å². The minimum absolute atomic E-state index is 0.122. The van der Waals surface area contributed by atoms with Crippen molar-refractivity contribution in [2.45, 2.75) is 20.4 Å². The fourth-order valence-corrected chi connectivity index (χ4v) is 1.37. The summed E-state index contributed by atoms with van der Waals surface area (Å²) in [6.45, 7) is 4.42. The van der Waals surface area contributed by atoms with Gasteiger partial charge in [-0.25, -0.2) is 9.67 Å². The van der Waals surface area contributed by atoms with Gasteiger partial charge >= 0.3 is 0 Å². The van der Waals surface area contributed by atoms with Crippen molar-refractivity contribution in [3.63, 3.8) is 0 Å². The lowest BCUT2D eigenvalue weighted by atomic mass is 10.5. The van der Waals surface area contributed by atoms with E-state index in [1.807, 2.05) is 19.9 Å². The van der Waals surface area contributed by atoms with Gasteiger partial charge in [-0.2, -0.15) is 5.10 Å². The Balaban J connectivity index is 2.58. The molecule has 0 aliphatic heterocycles. The van der Waals surface area contributed by atoms with Crippen molar-refractivity contribution in [3.05, 3.63) is 40.7 Å². The van der Waals surface area contributed by atoms with Gasteiger partial charge in [0.1, 0.15) is 0 Å². The predicted octanol–water partition coefficient (Wildman–Crippen LogP) is 0.757. The topological polar surface area (TPSA) is 52.7 Å². The number of aryl methyl sites for hydroxylation is 2. The fourth-order valence-electron chi connectivity index (χ4n) is 1.37. The highest BCUT2D eigenvalue weighted by molar-refractivity contribution is 5.17. The number of hydrogen-bond donors (Lipinski definition) is 0. The minimum atomic E-state index is -0.122. The molecule has 0 aliphatic carbocycles. The van der Waals surface area contributed by atoms with Crippen molar-refractivity contribution in [3.8, 4) is 5.82 Å². The van der Waals surface area contributed by atoms with E-state index in [-0.39, 0.29) is 5.56 Å². The Labute approximate surface area is 87.0 Å². The molecule has 0 N–H and O–H groups in total. The van der Waals surface area contributed by atoms with Crippen molar-refractivity contribution in [1.82, 2.24) is 19.3 Å². The quantitative estimate of drug-likeness (QED) is 0.725. The molecule has 2 aromatic rings. The highest BCUT2D eigenvalue weighted by Crippen LogP contribution is 1.98. The van der Waals surface area contributed by atoms with Crippen LogP contribution in [0.25, 0.3) is 5.82 Å². The van der Waals surface area contributed by atoms with Gasteiger partial charge in [0.15, 0.2) is 0 Å². The normalized spacial score (nSPS) is 10.5. The maximum atomic E-state index is 11.8. The molecule has 0 unspecified atom stereocenters. The predicted molar refractivity (Wildman–Crippen MR) is 56.0 cm³/mol. The van der Waals surface area contributed by atoms with E-state index in [4.69, 9.17) is 0 Å². The van der Waals surface area contributed by atoms with Gasteiger partial charge in [-0.3, -0.25) is 4.79 Å². The van der Waals surface area contributed by atoms with Gasteiger partial charge in [0.05, 0.1) is 5.69 Å². The molecular formula is C10H12N4O. The van der Waals surface area contributed by atoms with E-state index < -0.39 is 0 Å². The summed E-state index contributed by atoms with van der Waals surface area (Å²) >= 11 is 0. The maximum absolute atomic E-state index is 11.8. The van der Waals surface area contributed by atoms with Gasteiger partial charge in [0.2, 0.25) is 5.82 Å². The lowest BCUT2D eigenvalue weighted by Crippen LogP contribution is -2.24. The third-order valence-electron chi connectivity index (χ3n) is 2.18. The Morgan fingerprint density at radius 1 is 1.40 bits per heavy atom. The van der Waals surface area contributed by atoms with Crippen LogP contribution in [0.2, 0.25) is 0 Å². The van der Waals surface area contributed by atoms with E-state index in [9.17, 15) is 4.79 Å². The summed E-state index contributed by atoms with van der Waals surface area (Å²) in [7, 11) is 0. The molecule has 2 aromatic heterocycles. The first-order valence-electron chi connectivity index (χ1n) is 4.80. The zero-order chi connectivity index (χ0) is 10.8. The van der Waals surface area contributed by atoms with E-state index in [1.54, 1.807) is 23.2 Å². The molecule has 0 aromatic carbocycles. The average molecular weight is 204 g/mol. The average Bonchev–Trinajstić information content (AvgIpc) is 2.65. The molecule has 0 fully saturated rings. The summed E-state index contributed by atoms with van der Waals surface area (Å²) < 4.78 is 3.10.